The zero-order valence-corrected chi connectivity index (χ0v) is 34.0. The highest BCUT2D eigenvalue weighted by molar-refractivity contribution is 5.94. The lowest BCUT2D eigenvalue weighted by atomic mass is 9.91. The number of nitrogens with two attached hydrogens (primary N) is 1. The van der Waals surface area contributed by atoms with Gasteiger partial charge in [-0.2, -0.15) is 0 Å². The molecule has 0 radical (unpaired) electrons. The predicted molar refractivity (Wildman–Crippen MR) is 225 cm³/mol. The summed E-state index contributed by atoms with van der Waals surface area (Å²) in [5, 5.41) is 2.70. The summed E-state index contributed by atoms with van der Waals surface area (Å²) in [5.41, 5.74) is 15.3. The van der Waals surface area contributed by atoms with E-state index in [1.807, 2.05) is 45.0 Å². The molecule has 1 atom stereocenters. The van der Waals surface area contributed by atoms with E-state index in [9.17, 15) is 4.79 Å². The first kappa shape index (κ1) is 50.0. The minimum Gasteiger partial charge on any atom is -0.333 e. The molecule has 0 spiro atoms. The molecule has 49 heavy (non-hydrogen) atoms. The summed E-state index contributed by atoms with van der Waals surface area (Å²) >= 11 is 0. The van der Waals surface area contributed by atoms with Crippen molar-refractivity contribution in [2.75, 3.05) is 7.05 Å². The van der Waals surface area contributed by atoms with Gasteiger partial charge in [0.05, 0.1) is 0 Å². The number of ketones is 1. The van der Waals surface area contributed by atoms with Crippen LogP contribution < -0.4 is 5.73 Å². The molecule has 1 saturated carbocycles. The van der Waals surface area contributed by atoms with Crippen molar-refractivity contribution < 1.29 is 4.79 Å². The summed E-state index contributed by atoms with van der Waals surface area (Å²) in [4.78, 5) is 11.0. The van der Waals surface area contributed by atoms with Crippen LogP contribution in [0.15, 0.2) is 91.4 Å². The number of allylic oxidation sites excluding steroid dienone is 2. The fourth-order valence-electron chi connectivity index (χ4n) is 4.89. The molecule has 3 aromatic rings. The summed E-state index contributed by atoms with van der Waals surface area (Å²) in [6.07, 6.45) is 15.3. The van der Waals surface area contributed by atoms with Crippen LogP contribution in [-0.4, -0.2) is 12.8 Å². The number of carbonyl (C=O) groups is 1. The van der Waals surface area contributed by atoms with Gasteiger partial charge >= 0.3 is 0 Å². The van der Waals surface area contributed by atoms with E-state index in [0.717, 1.165) is 41.4 Å². The number of rotatable bonds is 7. The van der Waals surface area contributed by atoms with Gasteiger partial charge in [-0.05, 0) is 92.6 Å². The Balaban J connectivity index is -0.000000549. The lowest BCUT2D eigenvalue weighted by Crippen LogP contribution is -1.99. The highest BCUT2D eigenvalue weighted by atomic mass is 16.1. The van der Waals surface area contributed by atoms with E-state index in [4.69, 9.17) is 0 Å². The van der Waals surface area contributed by atoms with E-state index in [-0.39, 0.29) is 5.78 Å². The van der Waals surface area contributed by atoms with Gasteiger partial charge in [-0.15, -0.1) is 0 Å². The minimum absolute atomic E-state index is 0.105. The lowest BCUT2D eigenvalue weighted by molar-refractivity contribution is 0.101. The molecule has 1 aliphatic carbocycles. The van der Waals surface area contributed by atoms with Gasteiger partial charge in [-0.1, -0.05) is 191 Å². The fraction of sp³-hybridized carbons (Fsp3) is 0.511. The second-order valence-electron chi connectivity index (χ2n) is 12.3. The first-order chi connectivity index (χ1) is 23.6. The number of hydrogen-bond acceptors (Lipinski definition) is 2. The monoisotopic (exact) mass is 670 g/mol. The van der Waals surface area contributed by atoms with Gasteiger partial charge in [0, 0.05) is 5.56 Å². The van der Waals surface area contributed by atoms with Gasteiger partial charge in [0.1, 0.15) is 0 Å². The molecule has 1 aliphatic rings. The maximum absolute atomic E-state index is 11.0. The second kappa shape index (κ2) is 34.5. The van der Waals surface area contributed by atoms with Crippen molar-refractivity contribution in [2.24, 2.45) is 17.6 Å². The van der Waals surface area contributed by atoms with Crippen LogP contribution in [0.3, 0.4) is 0 Å². The van der Waals surface area contributed by atoms with Crippen LogP contribution in [0.1, 0.15) is 154 Å². The minimum atomic E-state index is 0.105. The standard InChI is InChI=1S/C13H14.C12H14O.C7H14.C7H16.C5H6.C2H6.CH5N/c1-3-11-5-7-12-8-10(2)4-6-13(12)9-11;1-4-9(2)11-5-7-12(8-6-11)10(3)13;1-7-5-3-2-4-6-7;1-4-6-7(3)5-2;1-3-5-4-2;2*1-2/h4-9H,3H2,1-2H3;5-8H,2,4H2,1,3H3;7H,2-6H2,1H3;7H,4-6H2,1-3H3;4H,1H2,2H3;1-2H3;2H2,1H3. The lowest BCUT2D eigenvalue weighted by Gasteiger charge is -2.15. The molecule has 2 nitrogen and oxygen atoms in total. The number of aryl methyl sites for hydroxylation is 2. The predicted octanol–water partition coefficient (Wildman–Crippen LogP) is 14.5. The van der Waals surface area contributed by atoms with E-state index in [1.54, 1.807) is 13.0 Å². The van der Waals surface area contributed by atoms with Crippen LogP contribution in [0.2, 0.25) is 0 Å². The zero-order valence-electron chi connectivity index (χ0n) is 34.0. The van der Waals surface area contributed by atoms with Crippen molar-refractivity contribution >= 4 is 22.1 Å². The molecule has 0 saturated heterocycles. The smallest absolute Gasteiger partial charge is 0.159 e. The Kier molecular flexibility index (Phi) is 35.1. The molecule has 3 aromatic carbocycles. The Bertz CT molecular complexity index is 1310. The van der Waals surface area contributed by atoms with Crippen molar-refractivity contribution in [1.82, 2.24) is 0 Å². The van der Waals surface area contributed by atoms with Gasteiger partial charge in [0.2, 0.25) is 0 Å². The normalized spacial score (nSPS) is 11.7. The first-order valence-electron chi connectivity index (χ1n) is 19.0. The third-order valence-corrected chi connectivity index (χ3v) is 8.21. The molecule has 1 unspecified atom stereocenters. The molecule has 274 valence electrons. The van der Waals surface area contributed by atoms with Crippen LogP contribution in [0.5, 0.6) is 0 Å². The average Bonchev–Trinajstić information content (AvgIpc) is 3.14. The van der Waals surface area contributed by atoms with Gasteiger partial charge in [0.15, 0.2) is 5.78 Å². The molecule has 0 amide bonds. The summed E-state index contributed by atoms with van der Waals surface area (Å²) in [5.74, 6) is 2.09. The van der Waals surface area contributed by atoms with Crippen LogP contribution in [0.25, 0.3) is 16.3 Å². The van der Waals surface area contributed by atoms with Gasteiger partial charge in [-0.25, -0.2) is 0 Å². The summed E-state index contributed by atoms with van der Waals surface area (Å²) in [7, 11) is 1.50. The number of carbonyl (C=O) groups excluding carboxylic acids is 1. The third-order valence-electron chi connectivity index (χ3n) is 8.21. The highest BCUT2D eigenvalue weighted by Gasteiger charge is 2.06. The summed E-state index contributed by atoms with van der Waals surface area (Å²) in [6, 6.07) is 20.9. The maximum Gasteiger partial charge on any atom is 0.159 e. The number of Topliss-reactive ketones (excluding diaryl/α,β-unsaturated/α-hetero) is 1. The van der Waals surface area contributed by atoms with Crippen molar-refractivity contribution in [1.29, 1.82) is 0 Å². The number of hydrogen-bond donors (Lipinski definition) is 1. The number of fused-ring (bicyclic) bond motifs is 1. The van der Waals surface area contributed by atoms with Gasteiger partial charge in [-0.3, -0.25) is 4.79 Å². The van der Waals surface area contributed by atoms with Crippen LogP contribution >= 0.6 is 0 Å². The largest absolute Gasteiger partial charge is 0.333 e. The molecule has 2 heteroatoms. The van der Waals surface area contributed by atoms with Crippen molar-refractivity contribution in [3.63, 3.8) is 0 Å². The molecular weight excluding hydrogens is 595 g/mol. The zero-order chi connectivity index (χ0) is 38.0. The molecule has 0 aliphatic heterocycles. The van der Waals surface area contributed by atoms with E-state index in [1.165, 1.54) is 80.3 Å². The fourth-order valence-corrected chi connectivity index (χ4v) is 4.89. The Morgan fingerprint density at radius 2 is 1.43 bits per heavy atom. The molecule has 2 N–H and O–H groups in total. The number of benzene rings is 3. The van der Waals surface area contributed by atoms with Crippen LogP contribution in [0, 0.1) is 18.8 Å². The maximum atomic E-state index is 11.0. The Morgan fingerprint density at radius 3 is 1.80 bits per heavy atom. The molecule has 0 aromatic heterocycles. The highest BCUT2D eigenvalue weighted by Crippen LogP contribution is 2.22. The van der Waals surface area contributed by atoms with E-state index < -0.39 is 0 Å². The molecular formula is C47H75NO. The third kappa shape index (κ3) is 26.2. The second-order valence-corrected chi connectivity index (χ2v) is 12.3. The topological polar surface area (TPSA) is 43.1 Å². The Labute approximate surface area is 304 Å². The molecule has 1 fully saturated rings. The van der Waals surface area contributed by atoms with E-state index in [2.05, 4.69) is 115 Å². The average molecular weight is 670 g/mol. The van der Waals surface area contributed by atoms with Crippen LogP contribution in [0.4, 0.5) is 0 Å². The molecule has 4 rings (SSSR count). The summed E-state index contributed by atoms with van der Waals surface area (Å²) in [6.45, 7) is 30.2. The Hall–Kier alpha value is -3.41. The van der Waals surface area contributed by atoms with Crippen molar-refractivity contribution in [3.05, 3.63) is 114 Å². The molecule has 0 heterocycles. The van der Waals surface area contributed by atoms with E-state index in [0.29, 0.717) is 0 Å². The van der Waals surface area contributed by atoms with Gasteiger partial charge < -0.3 is 5.73 Å². The van der Waals surface area contributed by atoms with Crippen molar-refractivity contribution in [2.45, 2.75) is 140 Å². The molecule has 0 bridgehead atoms. The van der Waals surface area contributed by atoms with Gasteiger partial charge in [0.25, 0.3) is 0 Å². The first-order valence-corrected chi connectivity index (χ1v) is 19.0. The summed E-state index contributed by atoms with van der Waals surface area (Å²) < 4.78 is 0. The Morgan fingerprint density at radius 1 is 0.898 bits per heavy atom. The van der Waals surface area contributed by atoms with E-state index >= 15 is 0 Å². The SMILES string of the molecule is C=C(CC)c1ccc(C(C)=O)cc1.C=C=C=CC.CC.CC1CCCCC1.CCCC(C)CC.CCc1ccc2cc(C)ccc2c1.CN. The van der Waals surface area contributed by atoms with Crippen molar-refractivity contribution in [3.8, 4) is 0 Å². The quantitative estimate of drug-likeness (QED) is 0.201. The van der Waals surface area contributed by atoms with Crippen LogP contribution in [-0.2, 0) is 6.42 Å².